The van der Waals surface area contributed by atoms with Gasteiger partial charge in [0.2, 0.25) is 0 Å². The number of nitrogens with one attached hydrogen (secondary N) is 2. The standard InChI is InChI=1S/C22H39N3O/c1-9-21(10-2,11-3)24-18-15-16(7)19(17(8)26)20(23-18)25-22(12-4,13-5)14-6/h15H,9-14H2,1-8H3,(H2,23,24,25). The van der Waals surface area contributed by atoms with E-state index < -0.39 is 0 Å². The second kappa shape index (κ2) is 9.38. The van der Waals surface area contributed by atoms with Gasteiger partial charge in [-0.3, -0.25) is 4.79 Å². The zero-order chi connectivity index (χ0) is 20.0. The molecule has 0 saturated carbocycles. The number of anilines is 2. The molecule has 4 heteroatoms. The minimum absolute atomic E-state index is 0.0282. The number of nitrogens with zero attached hydrogens (tertiary/aromatic N) is 1. The van der Waals surface area contributed by atoms with Gasteiger partial charge in [-0.1, -0.05) is 41.5 Å². The van der Waals surface area contributed by atoms with Gasteiger partial charge in [-0.15, -0.1) is 0 Å². The maximum Gasteiger partial charge on any atom is 0.163 e. The Labute approximate surface area is 160 Å². The molecule has 1 aromatic heterocycles. The molecule has 0 spiro atoms. The van der Waals surface area contributed by atoms with Crippen molar-refractivity contribution in [3.05, 3.63) is 17.2 Å². The molecular weight excluding hydrogens is 322 g/mol. The molecule has 1 aromatic rings. The first-order valence-corrected chi connectivity index (χ1v) is 10.3. The molecule has 0 radical (unpaired) electrons. The largest absolute Gasteiger partial charge is 0.365 e. The van der Waals surface area contributed by atoms with Gasteiger partial charge in [0.25, 0.3) is 0 Å². The van der Waals surface area contributed by atoms with Crippen LogP contribution in [0.5, 0.6) is 0 Å². The summed E-state index contributed by atoms with van der Waals surface area (Å²) in [5.74, 6) is 1.65. The Balaban J connectivity index is 3.43. The summed E-state index contributed by atoms with van der Waals surface area (Å²) in [7, 11) is 0. The van der Waals surface area contributed by atoms with E-state index in [0.29, 0.717) is 5.56 Å². The van der Waals surface area contributed by atoms with E-state index in [1.54, 1.807) is 6.92 Å². The lowest BCUT2D eigenvalue weighted by molar-refractivity contribution is 0.101. The van der Waals surface area contributed by atoms with E-state index in [1.165, 1.54) is 0 Å². The lowest BCUT2D eigenvalue weighted by Crippen LogP contribution is -2.38. The molecule has 0 fully saturated rings. The normalized spacial score (nSPS) is 12.2. The first-order chi connectivity index (χ1) is 12.3. The van der Waals surface area contributed by atoms with Crippen molar-refractivity contribution < 1.29 is 4.79 Å². The van der Waals surface area contributed by atoms with Gasteiger partial charge in [0.15, 0.2) is 5.78 Å². The van der Waals surface area contributed by atoms with Crippen LogP contribution in [0.3, 0.4) is 0 Å². The molecule has 0 aliphatic rings. The van der Waals surface area contributed by atoms with Crippen LogP contribution in [0.2, 0.25) is 0 Å². The molecule has 0 aromatic carbocycles. The van der Waals surface area contributed by atoms with Crippen LogP contribution in [0.15, 0.2) is 6.07 Å². The SMILES string of the molecule is CCC(CC)(CC)Nc1cc(C)c(C(C)=O)c(NC(CC)(CC)CC)n1. The predicted molar refractivity (Wildman–Crippen MR) is 113 cm³/mol. The summed E-state index contributed by atoms with van der Waals surface area (Å²) in [6.45, 7) is 16.9. The van der Waals surface area contributed by atoms with E-state index in [4.69, 9.17) is 4.98 Å². The number of Topliss-reactive ketones (excluding diaryl/α,β-unsaturated/α-hetero) is 1. The minimum Gasteiger partial charge on any atom is -0.365 e. The van der Waals surface area contributed by atoms with Crippen LogP contribution in [0.4, 0.5) is 11.6 Å². The highest BCUT2D eigenvalue weighted by atomic mass is 16.1. The molecule has 0 aliphatic carbocycles. The molecule has 0 aliphatic heterocycles. The summed E-state index contributed by atoms with van der Waals surface area (Å²) in [6, 6.07) is 2.02. The number of rotatable bonds is 11. The van der Waals surface area contributed by atoms with E-state index in [-0.39, 0.29) is 16.9 Å². The highest BCUT2D eigenvalue weighted by molar-refractivity contribution is 6.00. The third-order valence-electron chi connectivity index (χ3n) is 6.41. The monoisotopic (exact) mass is 361 g/mol. The number of hydrogen-bond donors (Lipinski definition) is 2. The number of pyridine rings is 1. The second-order valence-corrected chi connectivity index (χ2v) is 7.54. The fourth-order valence-corrected chi connectivity index (χ4v) is 3.82. The first kappa shape index (κ1) is 22.5. The van der Waals surface area contributed by atoms with Gasteiger partial charge in [-0.05, 0) is 64.0 Å². The third kappa shape index (κ3) is 4.77. The van der Waals surface area contributed by atoms with E-state index in [0.717, 1.165) is 55.7 Å². The topological polar surface area (TPSA) is 54.0 Å². The summed E-state index contributed by atoms with van der Waals surface area (Å²) < 4.78 is 0. The number of aromatic nitrogens is 1. The van der Waals surface area contributed by atoms with Gasteiger partial charge >= 0.3 is 0 Å². The van der Waals surface area contributed by atoms with Gasteiger partial charge in [0.1, 0.15) is 11.6 Å². The Bertz CT molecular complexity index is 585. The zero-order valence-corrected chi connectivity index (χ0v) is 18.2. The van der Waals surface area contributed by atoms with E-state index >= 15 is 0 Å². The van der Waals surface area contributed by atoms with Crippen molar-refractivity contribution in [3.8, 4) is 0 Å². The minimum atomic E-state index is -0.0282. The molecule has 0 bridgehead atoms. The number of ketones is 1. The van der Waals surface area contributed by atoms with Crippen LogP contribution in [0.25, 0.3) is 0 Å². The Morgan fingerprint density at radius 3 is 1.69 bits per heavy atom. The van der Waals surface area contributed by atoms with Crippen molar-refractivity contribution >= 4 is 17.4 Å². The Morgan fingerprint density at radius 2 is 1.31 bits per heavy atom. The molecule has 4 nitrogen and oxygen atoms in total. The Morgan fingerprint density at radius 1 is 0.885 bits per heavy atom. The fraction of sp³-hybridized carbons (Fsp3) is 0.727. The third-order valence-corrected chi connectivity index (χ3v) is 6.41. The summed E-state index contributed by atoms with van der Waals surface area (Å²) in [5, 5.41) is 7.31. The van der Waals surface area contributed by atoms with Crippen molar-refractivity contribution in [2.45, 2.75) is 105 Å². The van der Waals surface area contributed by atoms with Crippen LogP contribution in [-0.2, 0) is 0 Å². The molecule has 2 N–H and O–H groups in total. The van der Waals surface area contributed by atoms with Crippen molar-refractivity contribution in [1.29, 1.82) is 0 Å². The lowest BCUT2D eigenvalue weighted by atomic mass is 9.89. The van der Waals surface area contributed by atoms with Crippen LogP contribution in [0, 0.1) is 6.92 Å². The molecule has 26 heavy (non-hydrogen) atoms. The van der Waals surface area contributed by atoms with Crippen molar-refractivity contribution in [1.82, 2.24) is 4.98 Å². The van der Waals surface area contributed by atoms with Crippen LogP contribution >= 0.6 is 0 Å². The van der Waals surface area contributed by atoms with Crippen molar-refractivity contribution in [2.75, 3.05) is 10.6 Å². The smallest absolute Gasteiger partial charge is 0.163 e. The fourth-order valence-electron chi connectivity index (χ4n) is 3.82. The lowest BCUT2D eigenvalue weighted by Gasteiger charge is -2.35. The number of hydrogen-bond acceptors (Lipinski definition) is 4. The molecule has 148 valence electrons. The summed E-state index contributed by atoms with van der Waals surface area (Å²) in [5.41, 5.74) is 1.71. The van der Waals surface area contributed by atoms with Crippen LogP contribution in [0.1, 0.15) is 103 Å². The summed E-state index contributed by atoms with van der Waals surface area (Å²) in [6.07, 6.45) is 6.12. The quantitative estimate of drug-likeness (QED) is 0.451. The molecular formula is C22H39N3O. The average molecular weight is 362 g/mol. The highest BCUT2D eigenvalue weighted by Gasteiger charge is 2.28. The summed E-state index contributed by atoms with van der Waals surface area (Å²) in [4.78, 5) is 17.2. The maximum atomic E-state index is 12.3. The van der Waals surface area contributed by atoms with E-state index in [1.807, 2.05) is 13.0 Å². The average Bonchev–Trinajstić information content (AvgIpc) is 2.63. The van der Waals surface area contributed by atoms with Crippen molar-refractivity contribution in [3.63, 3.8) is 0 Å². The van der Waals surface area contributed by atoms with Crippen LogP contribution in [-0.4, -0.2) is 21.8 Å². The number of aryl methyl sites for hydroxylation is 1. The zero-order valence-electron chi connectivity index (χ0n) is 18.2. The predicted octanol–water partition coefficient (Wildman–Crippen LogP) is 6.35. The first-order valence-electron chi connectivity index (χ1n) is 10.3. The Kier molecular flexibility index (Phi) is 8.11. The van der Waals surface area contributed by atoms with Gasteiger partial charge in [0, 0.05) is 11.1 Å². The molecule has 0 amide bonds. The maximum absolute atomic E-state index is 12.3. The number of carbonyl (C=O) groups is 1. The number of carbonyl (C=O) groups excluding carboxylic acids is 1. The Hall–Kier alpha value is -1.58. The molecule has 0 atom stereocenters. The second-order valence-electron chi connectivity index (χ2n) is 7.54. The van der Waals surface area contributed by atoms with Gasteiger partial charge in [-0.25, -0.2) is 4.98 Å². The van der Waals surface area contributed by atoms with Gasteiger partial charge < -0.3 is 10.6 Å². The van der Waals surface area contributed by atoms with E-state index in [9.17, 15) is 4.79 Å². The molecule has 0 unspecified atom stereocenters. The molecule has 1 rings (SSSR count). The highest BCUT2D eigenvalue weighted by Crippen LogP contribution is 2.32. The van der Waals surface area contributed by atoms with E-state index in [2.05, 4.69) is 52.2 Å². The van der Waals surface area contributed by atoms with Crippen molar-refractivity contribution in [2.24, 2.45) is 0 Å². The summed E-state index contributed by atoms with van der Waals surface area (Å²) >= 11 is 0. The molecule has 1 heterocycles. The van der Waals surface area contributed by atoms with Gasteiger partial charge in [0.05, 0.1) is 5.56 Å². The molecule has 0 saturated heterocycles. The van der Waals surface area contributed by atoms with Gasteiger partial charge in [-0.2, -0.15) is 0 Å². The van der Waals surface area contributed by atoms with Crippen LogP contribution < -0.4 is 10.6 Å².